The number of nitrogens with zero attached hydrogens (tertiary/aromatic N) is 3. The van der Waals surface area contributed by atoms with E-state index in [1.165, 1.54) is 28.0 Å². The van der Waals surface area contributed by atoms with Gasteiger partial charge in [-0.25, -0.2) is 4.79 Å². The van der Waals surface area contributed by atoms with Crippen molar-refractivity contribution in [2.24, 2.45) is 0 Å². The monoisotopic (exact) mass is 556 g/mol. The summed E-state index contributed by atoms with van der Waals surface area (Å²) in [6, 6.07) is 7.86. The number of esters is 1. The van der Waals surface area contributed by atoms with Crippen molar-refractivity contribution in [3.05, 3.63) is 40.3 Å². The fraction of sp³-hybridized carbons (Fsp3) is 0.500. The van der Waals surface area contributed by atoms with E-state index in [4.69, 9.17) is 9.47 Å². The number of hydrogen-bond acceptors (Lipinski definition) is 8. The highest BCUT2D eigenvalue weighted by atomic mass is 32.2. The zero-order valence-corrected chi connectivity index (χ0v) is 24.0. The highest BCUT2D eigenvalue weighted by Gasteiger charge is 2.27. The Labute approximate surface area is 232 Å². The lowest BCUT2D eigenvalue weighted by atomic mass is 10.1. The summed E-state index contributed by atoms with van der Waals surface area (Å²) in [4.78, 5) is 26.9. The number of thiophene rings is 1. The number of unbranched alkanes of at least 4 members (excludes halogenated alkanes) is 1. The number of anilines is 1. The number of amides is 1. The minimum absolute atomic E-state index is 0.160. The first-order chi connectivity index (χ1) is 18.5. The molecule has 1 aliphatic rings. The molecule has 10 heteroatoms. The molecule has 0 saturated heterocycles. The van der Waals surface area contributed by atoms with Gasteiger partial charge in [0, 0.05) is 17.0 Å². The van der Waals surface area contributed by atoms with E-state index in [0.29, 0.717) is 35.5 Å². The second-order valence-electron chi connectivity index (χ2n) is 9.10. The molecule has 4 rings (SSSR count). The molecule has 0 atom stereocenters. The zero-order chi connectivity index (χ0) is 26.9. The van der Waals surface area contributed by atoms with E-state index in [0.717, 1.165) is 67.6 Å². The van der Waals surface area contributed by atoms with Gasteiger partial charge in [-0.1, -0.05) is 31.5 Å². The third-order valence-electron chi connectivity index (χ3n) is 6.40. The van der Waals surface area contributed by atoms with Crippen LogP contribution in [0.5, 0.6) is 5.75 Å². The Bertz CT molecular complexity index is 1240. The summed E-state index contributed by atoms with van der Waals surface area (Å²) in [7, 11) is 0. The summed E-state index contributed by atoms with van der Waals surface area (Å²) in [6.45, 7) is 7.65. The van der Waals surface area contributed by atoms with Crippen LogP contribution in [0.25, 0.3) is 11.4 Å². The van der Waals surface area contributed by atoms with Gasteiger partial charge in [-0.3, -0.25) is 4.79 Å². The van der Waals surface area contributed by atoms with Gasteiger partial charge in [-0.15, -0.1) is 21.5 Å². The lowest BCUT2D eigenvalue weighted by Gasteiger charge is -2.10. The molecular weight excluding hydrogens is 520 g/mol. The van der Waals surface area contributed by atoms with Crippen LogP contribution in [0.1, 0.15) is 73.7 Å². The van der Waals surface area contributed by atoms with Gasteiger partial charge in [0.15, 0.2) is 11.0 Å². The van der Waals surface area contributed by atoms with Crippen LogP contribution in [0.15, 0.2) is 29.4 Å². The lowest BCUT2D eigenvalue weighted by molar-refractivity contribution is -0.113. The van der Waals surface area contributed by atoms with E-state index in [-0.39, 0.29) is 17.6 Å². The third-order valence-corrected chi connectivity index (χ3v) is 8.57. The second kappa shape index (κ2) is 13.8. The number of rotatable bonds is 12. The number of fused-ring (bicyclic) bond motifs is 1. The lowest BCUT2D eigenvalue weighted by Crippen LogP contribution is -2.17. The maximum Gasteiger partial charge on any atom is 0.341 e. The second-order valence-corrected chi connectivity index (χ2v) is 11.2. The molecule has 0 spiro atoms. The van der Waals surface area contributed by atoms with Crippen LogP contribution in [-0.4, -0.2) is 45.6 Å². The number of benzene rings is 1. The molecule has 0 aliphatic heterocycles. The van der Waals surface area contributed by atoms with Crippen molar-refractivity contribution in [1.82, 2.24) is 14.8 Å². The van der Waals surface area contributed by atoms with Crippen molar-refractivity contribution in [3.8, 4) is 17.1 Å². The zero-order valence-electron chi connectivity index (χ0n) is 22.4. The summed E-state index contributed by atoms with van der Waals surface area (Å²) >= 11 is 2.85. The number of carbonyl (C=O) groups is 2. The van der Waals surface area contributed by atoms with Gasteiger partial charge < -0.3 is 19.4 Å². The predicted molar refractivity (Wildman–Crippen MR) is 152 cm³/mol. The molecule has 1 N–H and O–H groups in total. The van der Waals surface area contributed by atoms with Crippen LogP contribution >= 0.6 is 23.1 Å². The molecule has 204 valence electrons. The van der Waals surface area contributed by atoms with Crippen molar-refractivity contribution >= 4 is 40.0 Å². The van der Waals surface area contributed by atoms with E-state index in [2.05, 4.69) is 22.4 Å². The number of carbonyl (C=O) groups excluding carboxylic acids is 2. The number of aromatic nitrogens is 3. The van der Waals surface area contributed by atoms with E-state index >= 15 is 0 Å². The predicted octanol–water partition coefficient (Wildman–Crippen LogP) is 6.38. The van der Waals surface area contributed by atoms with Crippen molar-refractivity contribution < 1.29 is 19.1 Å². The molecule has 38 heavy (non-hydrogen) atoms. The highest BCUT2D eigenvalue weighted by Crippen LogP contribution is 2.38. The Morgan fingerprint density at radius 1 is 1.08 bits per heavy atom. The maximum atomic E-state index is 13.0. The van der Waals surface area contributed by atoms with E-state index in [1.807, 2.05) is 35.8 Å². The number of aryl methyl sites for hydroxylation is 1. The number of thioether (sulfide) groups is 1. The first-order valence-electron chi connectivity index (χ1n) is 13.5. The molecule has 1 aromatic carbocycles. The van der Waals surface area contributed by atoms with E-state index in [1.54, 1.807) is 6.92 Å². The van der Waals surface area contributed by atoms with Gasteiger partial charge in [0.05, 0.1) is 24.5 Å². The van der Waals surface area contributed by atoms with Gasteiger partial charge >= 0.3 is 5.97 Å². The molecule has 1 aliphatic carbocycles. The number of nitrogens with one attached hydrogen (secondary N) is 1. The SMILES string of the molecule is CCCCOc1ccc(-c2nnc(SCC(=O)Nc3sc4c(c3C(=O)OCC)CCCCC4)n2CC)cc1. The molecule has 2 heterocycles. The van der Waals surface area contributed by atoms with Crippen LogP contribution in [0, 0.1) is 0 Å². The van der Waals surface area contributed by atoms with E-state index in [9.17, 15) is 9.59 Å². The van der Waals surface area contributed by atoms with Gasteiger partial charge in [0.1, 0.15) is 10.8 Å². The van der Waals surface area contributed by atoms with Crippen LogP contribution in [-0.2, 0) is 28.9 Å². The maximum absolute atomic E-state index is 13.0. The molecule has 0 fully saturated rings. The summed E-state index contributed by atoms with van der Waals surface area (Å²) in [5.41, 5.74) is 2.52. The van der Waals surface area contributed by atoms with Gasteiger partial charge in [0.2, 0.25) is 5.91 Å². The molecule has 0 radical (unpaired) electrons. The molecule has 0 unspecified atom stereocenters. The molecular formula is C28H36N4O4S2. The van der Waals surface area contributed by atoms with Crippen molar-refractivity contribution in [2.45, 2.75) is 77.4 Å². The van der Waals surface area contributed by atoms with Gasteiger partial charge in [0.25, 0.3) is 0 Å². The molecule has 0 saturated carbocycles. The normalized spacial score (nSPS) is 13.0. The summed E-state index contributed by atoms with van der Waals surface area (Å²) in [6.07, 6.45) is 7.20. The fourth-order valence-electron chi connectivity index (χ4n) is 4.47. The Balaban J connectivity index is 1.43. The minimum Gasteiger partial charge on any atom is -0.494 e. The molecule has 1 amide bonds. The number of hydrogen-bond donors (Lipinski definition) is 1. The highest BCUT2D eigenvalue weighted by molar-refractivity contribution is 7.99. The summed E-state index contributed by atoms with van der Waals surface area (Å²) in [5, 5.41) is 13.0. The molecule has 0 bridgehead atoms. The van der Waals surface area contributed by atoms with Crippen molar-refractivity contribution in [3.63, 3.8) is 0 Å². The first kappa shape index (κ1) is 28.2. The van der Waals surface area contributed by atoms with Crippen LogP contribution in [0.2, 0.25) is 0 Å². The summed E-state index contributed by atoms with van der Waals surface area (Å²) < 4.78 is 13.1. The van der Waals surface area contributed by atoms with Crippen molar-refractivity contribution in [1.29, 1.82) is 0 Å². The standard InChI is InChI=1S/C28H36N4O4S2/c1-4-7-17-36-20-15-13-19(14-16-20)25-30-31-28(32(25)5-2)37-18-23(33)29-26-24(27(34)35-6-3)21-11-9-8-10-12-22(21)38-26/h13-16H,4-12,17-18H2,1-3H3,(H,29,33). The van der Waals surface area contributed by atoms with Crippen LogP contribution in [0.3, 0.4) is 0 Å². The van der Waals surface area contributed by atoms with Crippen LogP contribution < -0.4 is 10.1 Å². The minimum atomic E-state index is -0.355. The fourth-order valence-corrected chi connectivity index (χ4v) is 6.57. The third kappa shape index (κ3) is 6.77. The van der Waals surface area contributed by atoms with Crippen molar-refractivity contribution in [2.75, 3.05) is 24.3 Å². The molecule has 8 nitrogen and oxygen atoms in total. The Hall–Kier alpha value is -2.85. The van der Waals surface area contributed by atoms with Crippen LogP contribution in [0.4, 0.5) is 5.00 Å². The molecule has 2 aromatic heterocycles. The summed E-state index contributed by atoms with van der Waals surface area (Å²) in [5.74, 6) is 1.21. The average molecular weight is 557 g/mol. The van der Waals surface area contributed by atoms with Gasteiger partial charge in [-0.05, 0) is 75.8 Å². The topological polar surface area (TPSA) is 95.3 Å². The molecule has 3 aromatic rings. The first-order valence-corrected chi connectivity index (χ1v) is 15.3. The van der Waals surface area contributed by atoms with Gasteiger partial charge in [-0.2, -0.15) is 0 Å². The van der Waals surface area contributed by atoms with E-state index < -0.39 is 0 Å². The Morgan fingerprint density at radius 3 is 2.61 bits per heavy atom. The quantitative estimate of drug-likeness (QED) is 0.120. The largest absolute Gasteiger partial charge is 0.494 e. The Kier molecular flexibility index (Phi) is 10.2. The number of ether oxygens (including phenoxy) is 2. The smallest absolute Gasteiger partial charge is 0.341 e. The Morgan fingerprint density at radius 2 is 1.87 bits per heavy atom. The average Bonchev–Trinajstić information content (AvgIpc) is 3.40.